The lowest BCUT2D eigenvalue weighted by molar-refractivity contribution is 0.166. The Labute approximate surface area is 125 Å². The fourth-order valence-corrected chi connectivity index (χ4v) is 2.89. The summed E-state index contributed by atoms with van der Waals surface area (Å²) in [7, 11) is 2.17. The summed E-state index contributed by atoms with van der Waals surface area (Å²) in [5, 5.41) is 4.14. The Morgan fingerprint density at radius 1 is 1.43 bits per heavy atom. The minimum absolute atomic E-state index is 0.396. The minimum Gasteiger partial charge on any atom is -0.339 e. The third kappa shape index (κ3) is 3.13. The van der Waals surface area contributed by atoms with Crippen molar-refractivity contribution >= 4 is 0 Å². The van der Waals surface area contributed by atoms with Gasteiger partial charge in [-0.05, 0) is 51.9 Å². The predicted octanol–water partition coefficient (Wildman–Crippen LogP) is 2.56. The lowest BCUT2D eigenvalue weighted by Gasteiger charge is -2.33. The quantitative estimate of drug-likeness (QED) is 0.868. The van der Waals surface area contributed by atoms with Crippen molar-refractivity contribution in [1.29, 1.82) is 0 Å². The average molecular weight is 286 g/mol. The van der Waals surface area contributed by atoms with Gasteiger partial charge in [0.2, 0.25) is 5.89 Å². The summed E-state index contributed by atoms with van der Waals surface area (Å²) in [6.45, 7) is 5.35. The molecule has 1 aliphatic heterocycles. The molecule has 0 amide bonds. The van der Waals surface area contributed by atoms with Gasteiger partial charge in [0.05, 0.1) is 0 Å². The van der Waals surface area contributed by atoms with Crippen LogP contribution in [-0.4, -0.2) is 39.7 Å². The van der Waals surface area contributed by atoms with E-state index in [4.69, 9.17) is 4.52 Å². The van der Waals surface area contributed by atoms with E-state index in [1.165, 1.54) is 0 Å². The molecule has 2 aromatic rings. The molecule has 0 spiro atoms. The standard InChI is InChI=1S/C16H22N4O/c1-11-9-14(6-8-20(11)3)16-18-15(19-21-16)10-13-5-4-7-17-12(13)2/h4-5,7,11,14H,6,8-10H2,1-3H3/t11-,14-/m0/s1. The maximum absolute atomic E-state index is 5.50. The molecule has 2 aromatic heterocycles. The molecule has 0 saturated carbocycles. The van der Waals surface area contributed by atoms with Gasteiger partial charge in [-0.3, -0.25) is 4.98 Å². The van der Waals surface area contributed by atoms with E-state index < -0.39 is 0 Å². The van der Waals surface area contributed by atoms with Gasteiger partial charge in [-0.25, -0.2) is 0 Å². The van der Waals surface area contributed by atoms with E-state index in [1.807, 2.05) is 13.0 Å². The Bertz CT molecular complexity index is 610. The molecule has 0 N–H and O–H groups in total. The molecule has 1 aliphatic rings. The zero-order valence-corrected chi connectivity index (χ0v) is 12.9. The second-order valence-corrected chi connectivity index (χ2v) is 6.02. The van der Waals surface area contributed by atoms with Gasteiger partial charge in [0.1, 0.15) is 0 Å². The monoisotopic (exact) mass is 286 g/mol. The van der Waals surface area contributed by atoms with Crippen LogP contribution in [0.5, 0.6) is 0 Å². The number of aromatic nitrogens is 3. The van der Waals surface area contributed by atoms with Crippen molar-refractivity contribution in [3.8, 4) is 0 Å². The van der Waals surface area contributed by atoms with Crippen LogP contribution >= 0.6 is 0 Å². The predicted molar refractivity (Wildman–Crippen MR) is 80.1 cm³/mol. The lowest BCUT2D eigenvalue weighted by atomic mass is 9.92. The van der Waals surface area contributed by atoms with E-state index in [0.29, 0.717) is 18.4 Å². The van der Waals surface area contributed by atoms with Crippen LogP contribution < -0.4 is 0 Å². The summed E-state index contributed by atoms with van der Waals surface area (Å²) in [5.74, 6) is 1.95. The molecule has 2 atom stereocenters. The molecule has 5 nitrogen and oxygen atoms in total. The molecule has 0 radical (unpaired) electrons. The Morgan fingerprint density at radius 3 is 3.05 bits per heavy atom. The molecule has 0 aliphatic carbocycles. The molecule has 0 bridgehead atoms. The number of likely N-dealkylation sites (tertiary alicyclic amines) is 1. The number of aryl methyl sites for hydroxylation is 1. The van der Waals surface area contributed by atoms with Gasteiger partial charge in [0.15, 0.2) is 5.82 Å². The maximum Gasteiger partial charge on any atom is 0.229 e. The van der Waals surface area contributed by atoms with Gasteiger partial charge < -0.3 is 9.42 Å². The van der Waals surface area contributed by atoms with Crippen LogP contribution in [0, 0.1) is 6.92 Å². The van der Waals surface area contributed by atoms with E-state index in [2.05, 4.69) is 40.1 Å². The smallest absolute Gasteiger partial charge is 0.229 e. The van der Waals surface area contributed by atoms with Crippen LogP contribution in [0.25, 0.3) is 0 Å². The number of nitrogens with zero attached hydrogens (tertiary/aromatic N) is 4. The average Bonchev–Trinajstić information content (AvgIpc) is 2.93. The number of piperidine rings is 1. The Morgan fingerprint density at radius 2 is 2.29 bits per heavy atom. The van der Waals surface area contributed by atoms with Gasteiger partial charge in [-0.1, -0.05) is 11.2 Å². The van der Waals surface area contributed by atoms with Crippen molar-refractivity contribution in [2.24, 2.45) is 0 Å². The Hall–Kier alpha value is -1.75. The van der Waals surface area contributed by atoms with E-state index in [9.17, 15) is 0 Å². The first kappa shape index (κ1) is 14.2. The fourth-order valence-electron chi connectivity index (χ4n) is 2.89. The molecule has 1 fully saturated rings. The zero-order chi connectivity index (χ0) is 14.8. The Balaban J connectivity index is 1.71. The molecule has 21 heavy (non-hydrogen) atoms. The van der Waals surface area contributed by atoms with Crippen LogP contribution in [0.3, 0.4) is 0 Å². The molecule has 112 valence electrons. The highest BCUT2D eigenvalue weighted by atomic mass is 16.5. The third-order valence-corrected chi connectivity index (χ3v) is 4.51. The first-order valence-corrected chi connectivity index (χ1v) is 7.56. The van der Waals surface area contributed by atoms with Crippen molar-refractivity contribution in [1.82, 2.24) is 20.0 Å². The van der Waals surface area contributed by atoms with Crippen LogP contribution in [0.1, 0.15) is 48.7 Å². The third-order valence-electron chi connectivity index (χ3n) is 4.51. The molecule has 0 aromatic carbocycles. The van der Waals surface area contributed by atoms with Crippen LogP contribution in [0.4, 0.5) is 0 Å². The van der Waals surface area contributed by atoms with E-state index >= 15 is 0 Å². The van der Waals surface area contributed by atoms with Gasteiger partial charge in [-0.15, -0.1) is 0 Å². The zero-order valence-electron chi connectivity index (χ0n) is 12.9. The van der Waals surface area contributed by atoms with Gasteiger partial charge in [0.25, 0.3) is 0 Å². The summed E-state index contributed by atoms with van der Waals surface area (Å²) in [6.07, 6.45) is 4.67. The van der Waals surface area contributed by atoms with Crippen LogP contribution in [-0.2, 0) is 6.42 Å². The molecule has 1 saturated heterocycles. The summed E-state index contributed by atoms with van der Waals surface area (Å²) < 4.78 is 5.50. The molecular weight excluding hydrogens is 264 g/mol. The summed E-state index contributed by atoms with van der Waals surface area (Å²) >= 11 is 0. The molecule has 5 heteroatoms. The van der Waals surface area contributed by atoms with E-state index in [1.54, 1.807) is 6.20 Å². The highest BCUT2D eigenvalue weighted by Crippen LogP contribution is 2.29. The largest absolute Gasteiger partial charge is 0.339 e. The maximum atomic E-state index is 5.50. The first-order valence-electron chi connectivity index (χ1n) is 7.56. The fraction of sp³-hybridized carbons (Fsp3) is 0.562. The number of hydrogen-bond donors (Lipinski definition) is 0. The van der Waals surface area contributed by atoms with Gasteiger partial charge in [-0.2, -0.15) is 4.98 Å². The number of pyridine rings is 1. The topological polar surface area (TPSA) is 55.1 Å². The second kappa shape index (κ2) is 5.93. The molecular formula is C16H22N4O. The lowest BCUT2D eigenvalue weighted by Crippen LogP contribution is -2.37. The summed E-state index contributed by atoms with van der Waals surface area (Å²) in [5.41, 5.74) is 2.18. The van der Waals surface area contributed by atoms with Crippen LogP contribution in [0.15, 0.2) is 22.9 Å². The number of hydrogen-bond acceptors (Lipinski definition) is 5. The number of rotatable bonds is 3. The normalized spacial score (nSPS) is 23.4. The van der Waals surface area contributed by atoms with E-state index in [-0.39, 0.29) is 0 Å². The highest BCUT2D eigenvalue weighted by molar-refractivity contribution is 5.22. The first-order chi connectivity index (χ1) is 10.1. The van der Waals surface area contributed by atoms with Crippen molar-refractivity contribution in [3.63, 3.8) is 0 Å². The van der Waals surface area contributed by atoms with Crippen molar-refractivity contribution in [2.75, 3.05) is 13.6 Å². The Kier molecular flexibility index (Phi) is 4.01. The second-order valence-electron chi connectivity index (χ2n) is 6.02. The van der Waals surface area contributed by atoms with Gasteiger partial charge >= 0.3 is 0 Å². The minimum atomic E-state index is 0.396. The summed E-state index contributed by atoms with van der Waals surface area (Å²) in [6, 6.07) is 4.58. The van der Waals surface area contributed by atoms with Crippen LogP contribution in [0.2, 0.25) is 0 Å². The SMILES string of the molecule is Cc1ncccc1Cc1noc([C@H]2CCN(C)[C@@H](C)C2)n1. The highest BCUT2D eigenvalue weighted by Gasteiger charge is 2.28. The molecule has 3 rings (SSSR count). The van der Waals surface area contributed by atoms with Crippen molar-refractivity contribution < 1.29 is 4.52 Å². The van der Waals surface area contributed by atoms with E-state index in [0.717, 1.165) is 42.4 Å². The van der Waals surface area contributed by atoms with Gasteiger partial charge in [0, 0.05) is 30.3 Å². The molecule has 3 heterocycles. The van der Waals surface area contributed by atoms with Crippen molar-refractivity contribution in [3.05, 3.63) is 41.3 Å². The summed E-state index contributed by atoms with van der Waals surface area (Å²) in [4.78, 5) is 11.3. The molecule has 0 unspecified atom stereocenters. The van der Waals surface area contributed by atoms with Crippen molar-refractivity contribution in [2.45, 2.75) is 45.1 Å².